The molecule has 1 aromatic carbocycles. The summed E-state index contributed by atoms with van der Waals surface area (Å²) >= 11 is 0. The molecule has 10 heteroatoms. The van der Waals surface area contributed by atoms with E-state index in [1.54, 1.807) is 13.0 Å². The van der Waals surface area contributed by atoms with Gasteiger partial charge < -0.3 is 15.2 Å². The summed E-state index contributed by atoms with van der Waals surface area (Å²) in [5.41, 5.74) is 7.19. The predicted molar refractivity (Wildman–Crippen MR) is 128 cm³/mol. The van der Waals surface area contributed by atoms with Crippen LogP contribution in [0.15, 0.2) is 36.4 Å². The van der Waals surface area contributed by atoms with Crippen molar-refractivity contribution in [3.05, 3.63) is 53.6 Å². The third-order valence-corrected chi connectivity index (χ3v) is 6.04. The number of aromatic nitrogens is 3. The summed E-state index contributed by atoms with van der Waals surface area (Å²) in [4.78, 5) is 25.0. The second-order valence-corrected chi connectivity index (χ2v) is 8.76. The van der Waals surface area contributed by atoms with E-state index in [0.29, 0.717) is 42.4 Å². The summed E-state index contributed by atoms with van der Waals surface area (Å²) in [6.07, 6.45) is 0.135. The van der Waals surface area contributed by atoms with Crippen molar-refractivity contribution in [1.29, 1.82) is 0 Å². The molecule has 1 fully saturated rings. The summed E-state index contributed by atoms with van der Waals surface area (Å²) < 4.78 is 51.8. The third-order valence-electron chi connectivity index (χ3n) is 6.04. The Labute approximate surface area is 206 Å². The molecule has 7 nitrogen and oxygen atoms in total. The highest BCUT2D eigenvalue weighted by molar-refractivity contribution is 5.86. The van der Waals surface area contributed by atoms with Crippen LogP contribution in [0.2, 0.25) is 0 Å². The van der Waals surface area contributed by atoms with Crippen molar-refractivity contribution in [2.75, 3.05) is 25.6 Å². The van der Waals surface area contributed by atoms with Gasteiger partial charge in [0, 0.05) is 30.9 Å². The Balaban J connectivity index is 1.68. The van der Waals surface area contributed by atoms with Gasteiger partial charge in [0.05, 0.1) is 11.3 Å². The van der Waals surface area contributed by atoms with Crippen molar-refractivity contribution in [2.24, 2.45) is 5.92 Å². The number of benzene rings is 1. The molecule has 1 saturated heterocycles. The maximum Gasteiger partial charge on any atom is 0.280 e. The summed E-state index contributed by atoms with van der Waals surface area (Å²) in [7, 11) is 0. The Hall–Kier alpha value is -3.53. The first-order valence-electron chi connectivity index (χ1n) is 11.7. The molecule has 2 N–H and O–H groups in total. The number of rotatable bonds is 9. The van der Waals surface area contributed by atoms with Crippen LogP contribution >= 0.6 is 0 Å². The van der Waals surface area contributed by atoms with Gasteiger partial charge in [-0.2, -0.15) is 4.98 Å². The smallest absolute Gasteiger partial charge is 0.280 e. The highest BCUT2D eigenvalue weighted by Crippen LogP contribution is 2.39. The number of carbonyl (C=O) groups is 1. The normalized spacial score (nSPS) is 14.2. The minimum Gasteiger partial charge on any atom is -0.469 e. The van der Waals surface area contributed by atoms with Crippen LogP contribution < -0.4 is 10.5 Å². The molecule has 0 saturated carbocycles. The monoisotopic (exact) mass is 500 g/mol. The van der Waals surface area contributed by atoms with Gasteiger partial charge in [-0.1, -0.05) is 0 Å². The number of pyridine rings is 1. The molecule has 1 aliphatic rings. The number of Topliss-reactive ketones (excluding diaryl/α,β-unsaturated/α-hetero) is 1. The van der Waals surface area contributed by atoms with Crippen LogP contribution in [-0.4, -0.2) is 40.6 Å². The number of ether oxygens (including phenoxy) is 2. The number of hydrogen-bond acceptors (Lipinski definition) is 7. The van der Waals surface area contributed by atoms with Gasteiger partial charge in [-0.15, -0.1) is 0 Å². The zero-order chi connectivity index (χ0) is 25.7. The maximum atomic E-state index is 13.6. The van der Waals surface area contributed by atoms with Crippen molar-refractivity contribution in [2.45, 2.75) is 39.0 Å². The fourth-order valence-electron chi connectivity index (χ4n) is 4.21. The number of carbonyl (C=O) groups excluding carboxylic acids is 1. The van der Waals surface area contributed by atoms with E-state index in [4.69, 9.17) is 15.2 Å². The number of alkyl halides is 2. The molecule has 36 heavy (non-hydrogen) atoms. The predicted octanol–water partition coefficient (Wildman–Crippen LogP) is 5.33. The number of aryl methyl sites for hydroxylation is 1. The SMILES string of the molecule is Cc1cc(-c2c(OCC(=O)CCC3CCOCC3)nc(N)nc2-c2ccc(F)cc2)cc(C(F)F)n1. The number of anilines is 1. The lowest BCUT2D eigenvalue weighted by molar-refractivity contribution is -0.121. The van der Waals surface area contributed by atoms with Crippen molar-refractivity contribution >= 4 is 11.7 Å². The third kappa shape index (κ3) is 6.37. The summed E-state index contributed by atoms with van der Waals surface area (Å²) in [6, 6.07) is 8.30. The van der Waals surface area contributed by atoms with Crippen LogP contribution in [-0.2, 0) is 9.53 Å². The maximum absolute atomic E-state index is 13.6. The molecule has 0 radical (unpaired) electrons. The van der Waals surface area contributed by atoms with E-state index >= 15 is 0 Å². The molecule has 3 heterocycles. The molecular formula is C26H27F3N4O3. The summed E-state index contributed by atoms with van der Waals surface area (Å²) in [6.45, 7) is 2.74. The lowest BCUT2D eigenvalue weighted by Gasteiger charge is -2.21. The fourth-order valence-corrected chi connectivity index (χ4v) is 4.21. The molecule has 2 aromatic heterocycles. The van der Waals surface area contributed by atoms with Gasteiger partial charge in [0.25, 0.3) is 6.43 Å². The van der Waals surface area contributed by atoms with Crippen LogP contribution in [0, 0.1) is 18.7 Å². The van der Waals surface area contributed by atoms with Gasteiger partial charge in [-0.3, -0.25) is 9.78 Å². The average molecular weight is 501 g/mol. The average Bonchev–Trinajstić information content (AvgIpc) is 2.86. The second kappa shape index (κ2) is 11.5. The van der Waals surface area contributed by atoms with Crippen LogP contribution in [0.4, 0.5) is 19.1 Å². The molecule has 190 valence electrons. The minimum atomic E-state index is -2.80. The Morgan fingerprint density at radius 2 is 1.83 bits per heavy atom. The zero-order valence-corrected chi connectivity index (χ0v) is 19.8. The van der Waals surface area contributed by atoms with Gasteiger partial charge in [0.1, 0.15) is 18.1 Å². The van der Waals surface area contributed by atoms with Crippen molar-refractivity contribution in [3.63, 3.8) is 0 Å². The highest BCUT2D eigenvalue weighted by Gasteiger charge is 2.22. The Morgan fingerprint density at radius 1 is 1.11 bits per heavy atom. The van der Waals surface area contributed by atoms with Gasteiger partial charge in [0.2, 0.25) is 11.8 Å². The van der Waals surface area contributed by atoms with E-state index in [-0.39, 0.29) is 35.5 Å². The second-order valence-electron chi connectivity index (χ2n) is 8.76. The molecule has 0 amide bonds. The van der Waals surface area contributed by atoms with Gasteiger partial charge >= 0.3 is 0 Å². The van der Waals surface area contributed by atoms with Gasteiger partial charge in [-0.05, 0) is 74.1 Å². The number of nitrogen functional groups attached to an aromatic ring is 1. The van der Waals surface area contributed by atoms with Crippen molar-refractivity contribution in [3.8, 4) is 28.3 Å². The summed E-state index contributed by atoms with van der Waals surface area (Å²) in [5, 5.41) is 0. The van der Waals surface area contributed by atoms with Crippen LogP contribution in [0.25, 0.3) is 22.4 Å². The lowest BCUT2D eigenvalue weighted by atomic mass is 9.94. The van der Waals surface area contributed by atoms with Gasteiger partial charge in [0.15, 0.2) is 5.78 Å². The number of halogens is 3. The quantitative estimate of drug-likeness (QED) is 0.424. The van der Waals surface area contributed by atoms with Gasteiger partial charge in [-0.25, -0.2) is 18.2 Å². The van der Waals surface area contributed by atoms with E-state index in [1.807, 2.05) is 0 Å². The van der Waals surface area contributed by atoms with E-state index in [0.717, 1.165) is 19.3 Å². The highest BCUT2D eigenvalue weighted by atomic mass is 19.3. The lowest BCUT2D eigenvalue weighted by Crippen LogP contribution is -2.19. The first-order chi connectivity index (χ1) is 17.3. The molecule has 4 rings (SSSR count). The van der Waals surface area contributed by atoms with E-state index < -0.39 is 17.9 Å². The topological polar surface area (TPSA) is 100 Å². The van der Waals surface area contributed by atoms with E-state index in [9.17, 15) is 18.0 Å². The molecule has 0 aliphatic carbocycles. The molecule has 0 spiro atoms. The summed E-state index contributed by atoms with van der Waals surface area (Å²) in [5.74, 6) is -0.291. The largest absolute Gasteiger partial charge is 0.469 e. The molecule has 0 atom stereocenters. The standard InChI is InChI=1S/C26H27F3N4O3/c1-15-12-18(13-21(31-15)24(28)29)22-23(17-3-5-19(27)6-4-17)32-26(30)33-25(22)36-14-20(34)7-2-16-8-10-35-11-9-16/h3-6,12-13,16,24H,2,7-11,14H2,1H3,(H2,30,32,33). The van der Waals surface area contributed by atoms with Crippen molar-refractivity contribution < 1.29 is 27.4 Å². The molecular weight excluding hydrogens is 473 g/mol. The number of nitrogens with two attached hydrogens (primary N) is 1. The first-order valence-corrected chi connectivity index (χ1v) is 11.7. The Bertz CT molecular complexity index is 1220. The Morgan fingerprint density at radius 3 is 2.53 bits per heavy atom. The number of hydrogen-bond donors (Lipinski definition) is 1. The number of ketones is 1. The molecule has 3 aromatic rings. The van der Waals surface area contributed by atoms with Crippen molar-refractivity contribution in [1.82, 2.24) is 15.0 Å². The van der Waals surface area contributed by atoms with Crippen LogP contribution in [0.3, 0.4) is 0 Å². The number of nitrogens with zero attached hydrogens (tertiary/aromatic N) is 3. The van der Waals surface area contributed by atoms with Crippen LogP contribution in [0.5, 0.6) is 5.88 Å². The van der Waals surface area contributed by atoms with Crippen LogP contribution in [0.1, 0.15) is 43.5 Å². The molecule has 0 bridgehead atoms. The molecule has 1 aliphatic heterocycles. The van der Waals surface area contributed by atoms with E-state index in [1.165, 1.54) is 30.3 Å². The Kier molecular flexibility index (Phi) is 8.14. The molecule has 0 unspecified atom stereocenters. The first kappa shape index (κ1) is 25.6. The fraction of sp³-hybridized carbons (Fsp3) is 0.385. The zero-order valence-electron chi connectivity index (χ0n) is 19.8. The van der Waals surface area contributed by atoms with E-state index in [2.05, 4.69) is 15.0 Å². The minimum absolute atomic E-state index is 0.0212.